The number of allylic oxidation sites excluding steroid dienone is 8. The third-order valence-corrected chi connectivity index (χ3v) is 10.6. The van der Waals surface area contributed by atoms with E-state index in [1.807, 2.05) is 0 Å². The molecule has 0 aliphatic heterocycles. The highest BCUT2D eigenvalue weighted by atomic mass is 16.6. The summed E-state index contributed by atoms with van der Waals surface area (Å²) < 4.78 is 16.7. The second kappa shape index (κ2) is 47.1. The number of carbonyl (C=O) groups is 3. The predicted molar refractivity (Wildman–Crippen MR) is 247 cm³/mol. The van der Waals surface area contributed by atoms with E-state index in [0.29, 0.717) is 19.3 Å². The van der Waals surface area contributed by atoms with Gasteiger partial charge in [-0.25, -0.2) is 0 Å². The van der Waals surface area contributed by atoms with Gasteiger partial charge in [-0.05, 0) is 83.5 Å². The van der Waals surface area contributed by atoms with Gasteiger partial charge >= 0.3 is 17.9 Å². The maximum atomic E-state index is 12.8. The molecular formula is C52H92O6. The van der Waals surface area contributed by atoms with E-state index in [9.17, 15) is 14.4 Å². The molecule has 6 heteroatoms. The molecule has 0 aromatic heterocycles. The fourth-order valence-corrected chi connectivity index (χ4v) is 6.80. The van der Waals surface area contributed by atoms with Crippen molar-refractivity contribution < 1.29 is 28.6 Å². The van der Waals surface area contributed by atoms with Crippen LogP contribution >= 0.6 is 0 Å². The average Bonchev–Trinajstić information content (AvgIpc) is 3.22. The molecule has 0 rings (SSSR count). The molecule has 0 aliphatic carbocycles. The van der Waals surface area contributed by atoms with Gasteiger partial charge in [0.05, 0.1) is 0 Å². The number of hydrogen-bond donors (Lipinski definition) is 0. The summed E-state index contributed by atoms with van der Waals surface area (Å²) in [6.45, 7) is 6.55. The highest BCUT2D eigenvalue weighted by Crippen LogP contribution is 2.14. The van der Waals surface area contributed by atoms with E-state index in [4.69, 9.17) is 14.2 Å². The van der Waals surface area contributed by atoms with Crippen LogP contribution < -0.4 is 0 Å². The number of hydrogen-bond acceptors (Lipinski definition) is 6. The second-order valence-electron chi connectivity index (χ2n) is 16.4. The topological polar surface area (TPSA) is 78.9 Å². The number of esters is 3. The lowest BCUT2D eigenvalue weighted by atomic mass is 10.1. The fourth-order valence-electron chi connectivity index (χ4n) is 6.80. The Hall–Kier alpha value is -2.63. The summed E-state index contributed by atoms with van der Waals surface area (Å²) in [5, 5.41) is 0. The molecule has 336 valence electrons. The van der Waals surface area contributed by atoms with E-state index in [0.717, 1.165) is 83.5 Å². The zero-order valence-corrected chi connectivity index (χ0v) is 38.3. The van der Waals surface area contributed by atoms with Crippen molar-refractivity contribution >= 4 is 17.9 Å². The number of ether oxygens (including phenoxy) is 3. The third kappa shape index (κ3) is 44.5. The molecule has 0 amide bonds. The lowest BCUT2D eigenvalue weighted by Crippen LogP contribution is -2.30. The van der Waals surface area contributed by atoms with Gasteiger partial charge in [0.2, 0.25) is 0 Å². The van der Waals surface area contributed by atoms with Crippen molar-refractivity contribution in [3.05, 3.63) is 48.6 Å². The monoisotopic (exact) mass is 813 g/mol. The molecule has 0 radical (unpaired) electrons. The van der Waals surface area contributed by atoms with Crippen LogP contribution in [0.25, 0.3) is 0 Å². The van der Waals surface area contributed by atoms with Crippen LogP contribution in [0.4, 0.5) is 0 Å². The van der Waals surface area contributed by atoms with Crippen molar-refractivity contribution in [1.29, 1.82) is 0 Å². The summed E-state index contributed by atoms with van der Waals surface area (Å²) >= 11 is 0. The van der Waals surface area contributed by atoms with Crippen LogP contribution in [0, 0.1) is 0 Å². The van der Waals surface area contributed by atoms with Crippen molar-refractivity contribution in [3.63, 3.8) is 0 Å². The van der Waals surface area contributed by atoms with Crippen LogP contribution in [0.5, 0.6) is 0 Å². The zero-order chi connectivity index (χ0) is 42.3. The van der Waals surface area contributed by atoms with Crippen LogP contribution in [-0.2, 0) is 28.6 Å². The van der Waals surface area contributed by atoms with Gasteiger partial charge in [-0.2, -0.15) is 0 Å². The zero-order valence-electron chi connectivity index (χ0n) is 38.3. The quantitative estimate of drug-likeness (QED) is 0.0264. The Labute approximate surface area is 358 Å². The summed E-state index contributed by atoms with van der Waals surface area (Å²) in [6, 6.07) is 0. The van der Waals surface area contributed by atoms with Crippen LogP contribution in [0.15, 0.2) is 48.6 Å². The molecule has 0 saturated heterocycles. The molecule has 6 nitrogen and oxygen atoms in total. The van der Waals surface area contributed by atoms with Gasteiger partial charge in [-0.15, -0.1) is 0 Å². The highest BCUT2D eigenvalue weighted by Gasteiger charge is 2.19. The first-order chi connectivity index (χ1) is 28.5. The van der Waals surface area contributed by atoms with Gasteiger partial charge in [0.25, 0.3) is 0 Å². The van der Waals surface area contributed by atoms with Crippen LogP contribution in [0.2, 0.25) is 0 Å². The van der Waals surface area contributed by atoms with Crippen LogP contribution in [-0.4, -0.2) is 37.2 Å². The smallest absolute Gasteiger partial charge is 0.306 e. The minimum Gasteiger partial charge on any atom is -0.462 e. The lowest BCUT2D eigenvalue weighted by molar-refractivity contribution is -0.167. The van der Waals surface area contributed by atoms with E-state index < -0.39 is 6.10 Å². The van der Waals surface area contributed by atoms with Crippen molar-refractivity contribution in [2.45, 2.75) is 252 Å². The molecule has 0 N–H and O–H groups in total. The Morgan fingerprint density at radius 2 is 0.621 bits per heavy atom. The molecule has 0 spiro atoms. The Bertz CT molecular complexity index is 1030. The van der Waals surface area contributed by atoms with Gasteiger partial charge in [0.15, 0.2) is 6.10 Å². The highest BCUT2D eigenvalue weighted by molar-refractivity contribution is 5.71. The summed E-state index contributed by atoms with van der Waals surface area (Å²) in [5.41, 5.74) is 0. The lowest BCUT2D eigenvalue weighted by Gasteiger charge is -2.18. The standard InChI is InChI=1S/C52H92O6/c1-4-7-10-13-16-19-22-24-26-28-30-33-36-39-42-45-51(54)57-48-49(47-56-50(53)44-41-38-35-32-21-18-15-12-9-6-3)58-52(55)46-43-40-37-34-31-29-27-25-23-20-17-14-11-8-5-2/h16,19,24-27,30,33,49H,4-15,17-18,20-23,28-29,31-32,34-48H2,1-3H3/b19-16-,26-24-,27-25-,33-30-/t49-/m1/s1. The van der Waals surface area contributed by atoms with Crippen LogP contribution in [0.3, 0.4) is 0 Å². The first-order valence-electron chi connectivity index (χ1n) is 24.6. The Balaban J connectivity index is 4.43. The molecule has 0 unspecified atom stereocenters. The fraction of sp³-hybridized carbons (Fsp3) is 0.788. The minimum absolute atomic E-state index is 0.0868. The van der Waals surface area contributed by atoms with Crippen LogP contribution in [0.1, 0.15) is 245 Å². The largest absolute Gasteiger partial charge is 0.462 e. The maximum absolute atomic E-state index is 12.8. The molecule has 0 fully saturated rings. The van der Waals surface area contributed by atoms with Crippen molar-refractivity contribution in [1.82, 2.24) is 0 Å². The molecule has 1 atom stereocenters. The van der Waals surface area contributed by atoms with Gasteiger partial charge in [-0.3, -0.25) is 14.4 Å². The van der Waals surface area contributed by atoms with E-state index >= 15 is 0 Å². The maximum Gasteiger partial charge on any atom is 0.306 e. The normalized spacial score (nSPS) is 12.4. The molecule has 0 aromatic carbocycles. The molecule has 0 heterocycles. The third-order valence-electron chi connectivity index (χ3n) is 10.6. The van der Waals surface area contributed by atoms with Gasteiger partial charge in [0.1, 0.15) is 13.2 Å². The van der Waals surface area contributed by atoms with E-state index in [1.165, 1.54) is 122 Å². The molecule has 0 aliphatic rings. The molecular weight excluding hydrogens is 721 g/mol. The number of carbonyl (C=O) groups excluding carboxylic acids is 3. The summed E-state index contributed by atoms with van der Waals surface area (Å²) in [7, 11) is 0. The van der Waals surface area contributed by atoms with E-state index in [-0.39, 0.29) is 31.1 Å². The summed E-state index contributed by atoms with van der Waals surface area (Å²) in [4.78, 5) is 37.8. The summed E-state index contributed by atoms with van der Waals surface area (Å²) in [6.07, 6.45) is 55.2. The first kappa shape index (κ1) is 55.4. The van der Waals surface area contributed by atoms with Crippen molar-refractivity contribution in [2.75, 3.05) is 13.2 Å². The van der Waals surface area contributed by atoms with Gasteiger partial charge in [0, 0.05) is 19.3 Å². The average molecular weight is 813 g/mol. The molecule has 0 saturated carbocycles. The second-order valence-corrected chi connectivity index (χ2v) is 16.4. The Kier molecular flexibility index (Phi) is 44.9. The van der Waals surface area contributed by atoms with E-state index in [2.05, 4.69) is 69.4 Å². The molecule has 58 heavy (non-hydrogen) atoms. The molecule has 0 bridgehead atoms. The number of unbranched alkanes of at least 4 members (excludes halogenated alkanes) is 25. The Morgan fingerprint density at radius 1 is 0.345 bits per heavy atom. The number of rotatable bonds is 44. The first-order valence-corrected chi connectivity index (χ1v) is 24.6. The van der Waals surface area contributed by atoms with E-state index in [1.54, 1.807) is 0 Å². The van der Waals surface area contributed by atoms with Gasteiger partial charge < -0.3 is 14.2 Å². The predicted octanol–water partition coefficient (Wildman–Crippen LogP) is 15.9. The van der Waals surface area contributed by atoms with Crippen molar-refractivity contribution in [2.24, 2.45) is 0 Å². The van der Waals surface area contributed by atoms with Gasteiger partial charge in [-0.1, -0.05) is 191 Å². The van der Waals surface area contributed by atoms with Crippen molar-refractivity contribution in [3.8, 4) is 0 Å². The molecule has 0 aromatic rings. The minimum atomic E-state index is -0.788. The SMILES string of the molecule is CCCCC/C=C\C/C=C\C/C=C\CCCCC(=O)OC[C@@H](COC(=O)CCCCCCCCCCCC)OC(=O)CCCCCCC/C=C\CCCCCCCC. The Morgan fingerprint density at radius 3 is 1.05 bits per heavy atom. The summed E-state index contributed by atoms with van der Waals surface area (Å²) in [5.74, 6) is -0.933.